The minimum atomic E-state index is -4.55. The van der Waals surface area contributed by atoms with Crippen molar-refractivity contribution in [2.75, 3.05) is 6.61 Å². The predicted molar refractivity (Wildman–Crippen MR) is 122 cm³/mol. The second-order valence-corrected chi connectivity index (χ2v) is 9.00. The third-order valence-electron chi connectivity index (χ3n) is 6.36. The lowest BCUT2D eigenvalue weighted by molar-refractivity contribution is -0.139. The van der Waals surface area contributed by atoms with E-state index in [1.165, 1.54) is 6.20 Å². The molecule has 1 saturated carbocycles. The molecule has 1 aromatic carbocycles. The number of nitrogens with zero attached hydrogens (tertiary/aromatic N) is 4. The van der Waals surface area contributed by atoms with Crippen LogP contribution in [0.3, 0.4) is 0 Å². The average molecular weight is 470 g/mol. The summed E-state index contributed by atoms with van der Waals surface area (Å²) in [6.07, 6.45) is 1.21. The highest BCUT2D eigenvalue weighted by Crippen LogP contribution is 2.38. The van der Waals surface area contributed by atoms with Gasteiger partial charge in [-0.15, -0.1) is 0 Å². The molecule has 0 saturated heterocycles. The highest BCUT2D eigenvalue weighted by Gasteiger charge is 2.36. The Morgan fingerprint density at radius 2 is 1.97 bits per heavy atom. The van der Waals surface area contributed by atoms with Gasteiger partial charge in [0.25, 0.3) is 0 Å². The molecule has 0 bridgehead atoms. The van der Waals surface area contributed by atoms with Gasteiger partial charge in [-0.2, -0.15) is 18.3 Å². The molecule has 1 aliphatic rings. The van der Waals surface area contributed by atoms with Crippen molar-refractivity contribution in [3.05, 3.63) is 69.9 Å². The molecule has 1 aliphatic carbocycles. The van der Waals surface area contributed by atoms with Crippen LogP contribution in [0.2, 0.25) is 0 Å². The molecule has 9 heteroatoms. The molecule has 1 unspecified atom stereocenters. The van der Waals surface area contributed by atoms with Gasteiger partial charge in [-0.1, -0.05) is 26.0 Å². The van der Waals surface area contributed by atoms with Gasteiger partial charge in [-0.05, 0) is 43.4 Å². The van der Waals surface area contributed by atoms with Crippen LogP contribution in [0, 0.1) is 5.92 Å². The molecule has 178 valence electrons. The van der Waals surface area contributed by atoms with Gasteiger partial charge in [0.1, 0.15) is 22.7 Å². The average Bonchev–Trinajstić information content (AvgIpc) is 3.56. The first kappa shape index (κ1) is 22.4. The smallest absolute Gasteiger partial charge is 0.420 e. The van der Waals surface area contributed by atoms with Gasteiger partial charge in [0, 0.05) is 17.5 Å². The number of fused-ring (bicyclic) bond motifs is 2. The first-order valence-electron chi connectivity index (χ1n) is 11.5. The molecule has 0 N–H and O–H groups in total. The van der Waals surface area contributed by atoms with E-state index in [1.807, 2.05) is 26.0 Å². The summed E-state index contributed by atoms with van der Waals surface area (Å²) < 4.78 is 49.8. The number of imidazole rings is 1. The topological polar surface area (TPSA) is 61.4 Å². The quantitative estimate of drug-likeness (QED) is 0.362. The lowest BCUT2D eigenvalue weighted by Crippen LogP contribution is -2.21. The summed E-state index contributed by atoms with van der Waals surface area (Å²) in [5, 5.41) is 5.18. The molecule has 5 rings (SSSR count). The van der Waals surface area contributed by atoms with Crippen molar-refractivity contribution in [2.45, 2.75) is 51.7 Å². The zero-order chi connectivity index (χ0) is 24.0. The van der Waals surface area contributed by atoms with Gasteiger partial charge >= 0.3 is 6.18 Å². The van der Waals surface area contributed by atoms with E-state index in [2.05, 4.69) is 10.1 Å². The minimum Gasteiger partial charge on any atom is -0.491 e. The van der Waals surface area contributed by atoms with Crippen LogP contribution in [-0.2, 0) is 12.7 Å². The molecule has 3 heterocycles. The first-order chi connectivity index (χ1) is 16.2. The summed E-state index contributed by atoms with van der Waals surface area (Å²) in [5.41, 5.74) is 0.908. The Balaban J connectivity index is 1.56. The van der Waals surface area contributed by atoms with Crippen LogP contribution < -0.4 is 10.2 Å². The summed E-state index contributed by atoms with van der Waals surface area (Å²) >= 11 is 0. The number of hydrogen-bond donors (Lipinski definition) is 0. The number of hydrogen-bond acceptors (Lipinski definition) is 4. The van der Waals surface area contributed by atoms with Crippen molar-refractivity contribution < 1.29 is 17.9 Å². The Morgan fingerprint density at radius 3 is 2.68 bits per heavy atom. The number of rotatable bonds is 7. The maximum Gasteiger partial charge on any atom is 0.420 e. The second-order valence-electron chi connectivity index (χ2n) is 9.00. The summed E-state index contributed by atoms with van der Waals surface area (Å²) in [7, 11) is 0. The number of alkyl halides is 3. The molecule has 3 aromatic heterocycles. The molecular formula is C25H25F3N4O2. The summed E-state index contributed by atoms with van der Waals surface area (Å²) in [6, 6.07) is 8.23. The van der Waals surface area contributed by atoms with Crippen molar-refractivity contribution in [3.8, 4) is 5.75 Å². The normalized spacial score (nSPS) is 15.2. The van der Waals surface area contributed by atoms with Gasteiger partial charge in [0.15, 0.2) is 0 Å². The zero-order valence-corrected chi connectivity index (χ0v) is 19.0. The second kappa shape index (κ2) is 8.45. The van der Waals surface area contributed by atoms with Crippen molar-refractivity contribution >= 4 is 16.6 Å². The van der Waals surface area contributed by atoms with Crippen LogP contribution in [0.1, 0.15) is 56.0 Å². The number of para-hydroxylation sites is 1. The number of aromatic nitrogens is 4. The van der Waals surface area contributed by atoms with E-state index in [9.17, 15) is 18.0 Å². The van der Waals surface area contributed by atoms with Crippen LogP contribution in [0.4, 0.5) is 13.2 Å². The Morgan fingerprint density at radius 1 is 1.21 bits per heavy atom. The molecular weight excluding hydrogens is 445 g/mol. The lowest BCUT2D eigenvalue weighted by Gasteiger charge is -2.14. The van der Waals surface area contributed by atoms with Crippen molar-refractivity contribution in [1.29, 1.82) is 0 Å². The zero-order valence-electron chi connectivity index (χ0n) is 19.0. The van der Waals surface area contributed by atoms with E-state index >= 15 is 0 Å². The third-order valence-corrected chi connectivity index (χ3v) is 6.36. The van der Waals surface area contributed by atoms with E-state index in [0.717, 1.165) is 25.3 Å². The lowest BCUT2D eigenvalue weighted by atomic mass is 10.0. The molecule has 0 aliphatic heterocycles. The van der Waals surface area contributed by atoms with Crippen LogP contribution in [-0.4, -0.2) is 25.8 Å². The largest absolute Gasteiger partial charge is 0.491 e. The molecule has 1 fully saturated rings. The van der Waals surface area contributed by atoms with Crippen LogP contribution >= 0.6 is 0 Å². The first-order valence-corrected chi connectivity index (χ1v) is 11.5. The minimum absolute atomic E-state index is 0.0232. The van der Waals surface area contributed by atoms with Crippen LogP contribution in [0.15, 0.2) is 47.5 Å². The Labute approximate surface area is 194 Å². The van der Waals surface area contributed by atoms with E-state index in [-0.39, 0.29) is 35.9 Å². The molecule has 6 nitrogen and oxygen atoms in total. The van der Waals surface area contributed by atoms with E-state index in [1.54, 1.807) is 27.4 Å². The van der Waals surface area contributed by atoms with Gasteiger partial charge in [-0.25, -0.2) is 4.98 Å². The fraction of sp³-hybridized carbons (Fsp3) is 0.400. The SMILES string of the molecule is CCC(C)c1nn(Cc2cn3cc(OCC4CC4)c(C(F)(F)F)cc3n2)c2ccccc2c1=O. The van der Waals surface area contributed by atoms with Gasteiger partial charge in [-0.3, -0.25) is 9.48 Å². The standard InChI is InChI=1S/C25H25F3N4O2/c1-3-15(2)23-24(33)18-6-4-5-7-20(18)32(30-23)12-17-11-31-13-21(34-14-16-8-9-16)19(25(26,27)28)10-22(31)29-17/h4-7,10-11,13,15-16H,3,8-9,12,14H2,1-2H3. The number of halogens is 3. The van der Waals surface area contributed by atoms with Crippen molar-refractivity contribution in [2.24, 2.45) is 5.92 Å². The third kappa shape index (κ3) is 4.26. The Bertz CT molecular complexity index is 1420. The maximum absolute atomic E-state index is 13.7. The predicted octanol–water partition coefficient (Wildman–Crippen LogP) is 5.41. The van der Waals surface area contributed by atoms with Gasteiger partial charge < -0.3 is 9.14 Å². The van der Waals surface area contributed by atoms with E-state index < -0.39 is 11.7 Å². The molecule has 0 amide bonds. The highest BCUT2D eigenvalue weighted by molar-refractivity contribution is 5.78. The van der Waals surface area contributed by atoms with Crippen molar-refractivity contribution in [1.82, 2.24) is 19.2 Å². The Hall–Kier alpha value is -3.36. The monoisotopic (exact) mass is 470 g/mol. The van der Waals surface area contributed by atoms with Crippen LogP contribution in [0.5, 0.6) is 5.75 Å². The molecule has 34 heavy (non-hydrogen) atoms. The summed E-state index contributed by atoms with van der Waals surface area (Å²) in [4.78, 5) is 17.4. The number of ether oxygens (including phenoxy) is 1. The van der Waals surface area contributed by atoms with Gasteiger partial charge in [0.05, 0.1) is 30.6 Å². The Kier molecular flexibility index (Phi) is 5.58. The fourth-order valence-electron chi connectivity index (χ4n) is 4.02. The molecule has 4 aromatic rings. The van der Waals surface area contributed by atoms with Gasteiger partial charge in [0.2, 0.25) is 5.43 Å². The van der Waals surface area contributed by atoms with E-state index in [0.29, 0.717) is 28.2 Å². The number of benzene rings is 1. The highest BCUT2D eigenvalue weighted by atomic mass is 19.4. The summed E-state index contributed by atoms with van der Waals surface area (Å²) in [6.45, 7) is 4.44. The maximum atomic E-state index is 13.7. The molecule has 0 radical (unpaired) electrons. The van der Waals surface area contributed by atoms with Crippen LogP contribution in [0.25, 0.3) is 16.6 Å². The molecule has 1 atom stereocenters. The summed E-state index contributed by atoms with van der Waals surface area (Å²) in [5.74, 6) is 0.112. The fourth-order valence-corrected chi connectivity index (χ4v) is 4.02. The number of pyridine rings is 1. The molecule has 0 spiro atoms. The van der Waals surface area contributed by atoms with E-state index in [4.69, 9.17) is 4.74 Å². The van der Waals surface area contributed by atoms with Crippen molar-refractivity contribution in [3.63, 3.8) is 0 Å².